The number of nitrogens with one attached hydrogen (secondary N) is 1. The number of nitrogens with zero attached hydrogens (tertiary/aromatic N) is 2. The van der Waals surface area contributed by atoms with Crippen LogP contribution in [0.5, 0.6) is 5.88 Å². The molecule has 0 aromatic carbocycles. The Kier molecular flexibility index (Phi) is 1.70. The summed E-state index contributed by atoms with van der Waals surface area (Å²) in [5.41, 5.74) is 1.02. The summed E-state index contributed by atoms with van der Waals surface area (Å²) in [6.07, 6.45) is 1.38. The van der Waals surface area contributed by atoms with Gasteiger partial charge in [0.15, 0.2) is 0 Å². The summed E-state index contributed by atoms with van der Waals surface area (Å²) in [4.78, 5) is 17.3. The number of H-pyrrole nitrogens is 1. The smallest absolute Gasteiger partial charge is 0.309 e. The van der Waals surface area contributed by atoms with Gasteiger partial charge in [-0.15, -0.1) is 0 Å². The summed E-state index contributed by atoms with van der Waals surface area (Å²) in [6, 6.07) is 0. The van der Waals surface area contributed by atoms with E-state index in [2.05, 4.69) is 9.97 Å². The fourth-order valence-electron chi connectivity index (χ4n) is 1.35. The maximum atomic E-state index is 10.4. The highest BCUT2D eigenvalue weighted by molar-refractivity contribution is 5.70. The minimum Gasteiger partial charge on any atom is -0.493 e. The number of aromatic hydroxyl groups is 1. The third-order valence-electron chi connectivity index (χ3n) is 1.91. The number of hydrogen-bond donors (Lipinski definition) is 3. The van der Waals surface area contributed by atoms with Crippen molar-refractivity contribution in [3.63, 3.8) is 0 Å². The number of imidazole rings is 2. The predicted octanol–water partition coefficient (Wildman–Crippen LogP) is 0.304. The van der Waals surface area contributed by atoms with Crippen molar-refractivity contribution < 1.29 is 15.0 Å². The molecule has 3 N–H and O–H groups in total. The Hall–Kier alpha value is -1.98. The SMILES string of the molecule is Cc1cn2c(O)c(CC(=O)O)nc2[nH]1. The average Bonchev–Trinajstić information content (AvgIpc) is 2.53. The number of aryl methyl sites for hydroxylation is 1. The van der Waals surface area contributed by atoms with Gasteiger partial charge >= 0.3 is 5.97 Å². The highest BCUT2D eigenvalue weighted by Gasteiger charge is 2.14. The molecule has 6 heteroatoms. The first-order chi connectivity index (χ1) is 6.58. The topological polar surface area (TPSA) is 90.6 Å². The Morgan fingerprint density at radius 1 is 1.71 bits per heavy atom. The highest BCUT2D eigenvalue weighted by atomic mass is 16.4. The molecule has 0 radical (unpaired) electrons. The van der Waals surface area contributed by atoms with Gasteiger partial charge in [0.25, 0.3) is 0 Å². The lowest BCUT2D eigenvalue weighted by Crippen LogP contribution is -2.00. The molecule has 2 aromatic rings. The van der Waals surface area contributed by atoms with Crippen LogP contribution in [0.3, 0.4) is 0 Å². The summed E-state index contributed by atoms with van der Waals surface area (Å²) in [5, 5.41) is 18.1. The molecule has 0 fully saturated rings. The van der Waals surface area contributed by atoms with E-state index in [1.807, 2.05) is 6.92 Å². The van der Waals surface area contributed by atoms with Crippen molar-refractivity contribution in [2.75, 3.05) is 0 Å². The van der Waals surface area contributed by atoms with E-state index in [0.717, 1.165) is 5.69 Å². The van der Waals surface area contributed by atoms with E-state index in [1.54, 1.807) is 6.20 Å². The van der Waals surface area contributed by atoms with E-state index in [1.165, 1.54) is 4.40 Å². The third kappa shape index (κ3) is 1.20. The van der Waals surface area contributed by atoms with Gasteiger partial charge in [-0.2, -0.15) is 0 Å². The molecule has 0 amide bonds. The number of carboxylic acids is 1. The summed E-state index contributed by atoms with van der Waals surface area (Å²) >= 11 is 0. The molecule has 0 aliphatic heterocycles. The first-order valence-corrected chi connectivity index (χ1v) is 4.05. The van der Waals surface area contributed by atoms with Crippen LogP contribution in [0.2, 0.25) is 0 Å². The van der Waals surface area contributed by atoms with Crippen molar-refractivity contribution in [3.05, 3.63) is 17.6 Å². The first kappa shape index (κ1) is 8.61. The van der Waals surface area contributed by atoms with E-state index in [4.69, 9.17) is 5.11 Å². The van der Waals surface area contributed by atoms with Gasteiger partial charge in [0.05, 0.1) is 6.42 Å². The molecule has 0 saturated heterocycles. The molecule has 0 atom stereocenters. The number of carboxylic acid groups (broad SMARTS) is 1. The van der Waals surface area contributed by atoms with Gasteiger partial charge in [0, 0.05) is 11.9 Å². The van der Waals surface area contributed by atoms with Crippen LogP contribution in [-0.4, -0.2) is 30.6 Å². The van der Waals surface area contributed by atoms with Crippen molar-refractivity contribution in [3.8, 4) is 5.88 Å². The lowest BCUT2D eigenvalue weighted by molar-refractivity contribution is -0.136. The predicted molar refractivity (Wildman–Crippen MR) is 47.3 cm³/mol. The normalized spacial score (nSPS) is 10.9. The number of aromatic nitrogens is 3. The molecule has 0 unspecified atom stereocenters. The van der Waals surface area contributed by atoms with Crippen molar-refractivity contribution in [2.45, 2.75) is 13.3 Å². The standard InChI is InChI=1S/C8H9N3O3/c1-4-3-11-7(14)5(2-6(12)13)10-8(11)9-4/h3,14H,2H2,1H3,(H,9,10)(H,12,13). The zero-order chi connectivity index (χ0) is 10.3. The zero-order valence-electron chi connectivity index (χ0n) is 7.48. The molecule has 0 aliphatic rings. The second-order valence-electron chi connectivity index (χ2n) is 3.08. The van der Waals surface area contributed by atoms with Gasteiger partial charge in [-0.05, 0) is 6.92 Å². The van der Waals surface area contributed by atoms with E-state index in [-0.39, 0.29) is 18.0 Å². The largest absolute Gasteiger partial charge is 0.493 e. The maximum Gasteiger partial charge on any atom is 0.309 e. The van der Waals surface area contributed by atoms with Gasteiger partial charge in [-0.25, -0.2) is 4.98 Å². The van der Waals surface area contributed by atoms with Crippen LogP contribution >= 0.6 is 0 Å². The number of carbonyl (C=O) groups is 1. The first-order valence-electron chi connectivity index (χ1n) is 4.05. The highest BCUT2D eigenvalue weighted by Crippen LogP contribution is 2.19. The Morgan fingerprint density at radius 3 is 3.00 bits per heavy atom. The maximum absolute atomic E-state index is 10.4. The molecule has 2 heterocycles. The van der Waals surface area contributed by atoms with Crippen molar-refractivity contribution in [2.24, 2.45) is 0 Å². The fraction of sp³-hybridized carbons (Fsp3) is 0.250. The summed E-state index contributed by atoms with van der Waals surface area (Å²) < 4.78 is 1.42. The van der Waals surface area contributed by atoms with Crippen molar-refractivity contribution in [1.82, 2.24) is 14.4 Å². The van der Waals surface area contributed by atoms with Gasteiger partial charge in [0.2, 0.25) is 11.7 Å². The van der Waals surface area contributed by atoms with Gasteiger partial charge in [-0.1, -0.05) is 0 Å². The van der Waals surface area contributed by atoms with Crippen LogP contribution in [-0.2, 0) is 11.2 Å². The van der Waals surface area contributed by atoms with Gasteiger partial charge < -0.3 is 15.2 Å². The van der Waals surface area contributed by atoms with E-state index in [0.29, 0.717) is 5.78 Å². The van der Waals surface area contributed by atoms with E-state index >= 15 is 0 Å². The summed E-state index contributed by atoms with van der Waals surface area (Å²) in [6.45, 7) is 1.82. The van der Waals surface area contributed by atoms with Crippen LogP contribution in [0.25, 0.3) is 5.78 Å². The fourth-order valence-corrected chi connectivity index (χ4v) is 1.35. The summed E-state index contributed by atoms with van der Waals surface area (Å²) in [5.74, 6) is -0.680. The van der Waals surface area contributed by atoms with E-state index in [9.17, 15) is 9.90 Å². The molecular weight excluding hydrogens is 186 g/mol. The Bertz CT molecular complexity index is 497. The molecule has 0 bridgehead atoms. The van der Waals surface area contributed by atoms with Crippen molar-refractivity contribution >= 4 is 11.7 Å². The van der Waals surface area contributed by atoms with E-state index < -0.39 is 5.97 Å². The number of fused-ring (bicyclic) bond motifs is 1. The second-order valence-corrected chi connectivity index (χ2v) is 3.08. The Balaban J connectivity index is 2.52. The van der Waals surface area contributed by atoms with Crippen LogP contribution in [0, 0.1) is 6.92 Å². The lowest BCUT2D eigenvalue weighted by atomic mass is 10.3. The molecule has 2 rings (SSSR count). The zero-order valence-corrected chi connectivity index (χ0v) is 7.48. The Labute approximate surface area is 78.8 Å². The number of rotatable bonds is 2. The minimum absolute atomic E-state index is 0.119. The van der Waals surface area contributed by atoms with Crippen LogP contribution in [0.4, 0.5) is 0 Å². The molecular formula is C8H9N3O3. The monoisotopic (exact) mass is 195 g/mol. The molecule has 74 valence electrons. The summed E-state index contributed by atoms with van der Waals surface area (Å²) in [7, 11) is 0. The van der Waals surface area contributed by atoms with Crippen LogP contribution < -0.4 is 0 Å². The molecule has 0 saturated carbocycles. The number of hydrogen-bond acceptors (Lipinski definition) is 3. The molecule has 0 aliphatic carbocycles. The number of aliphatic carboxylic acids is 1. The third-order valence-corrected chi connectivity index (χ3v) is 1.91. The number of aromatic amines is 1. The average molecular weight is 195 g/mol. The molecule has 0 spiro atoms. The molecule has 6 nitrogen and oxygen atoms in total. The molecule has 2 aromatic heterocycles. The van der Waals surface area contributed by atoms with Crippen LogP contribution in [0.15, 0.2) is 6.20 Å². The lowest BCUT2D eigenvalue weighted by Gasteiger charge is -1.91. The second kappa shape index (κ2) is 2.76. The Morgan fingerprint density at radius 2 is 2.43 bits per heavy atom. The van der Waals surface area contributed by atoms with Crippen molar-refractivity contribution in [1.29, 1.82) is 0 Å². The molecule has 14 heavy (non-hydrogen) atoms. The quantitative estimate of drug-likeness (QED) is 0.642. The van der Waals surface area contributed by atoms with Gasteiger partial charge in [-0.3, -0.25) is 9.20 Å². The van der Waals surface area contributed by atoms with Gasteiger partial charge in [0.1, 0.15) is 5.69 Å². The minimum atomic E-state index is -1.02. The van der Waals surface area contributed by atoms with Crippen LogP contribution in [0.1, 0.15) is 11.4 Å².